The van der Waals surface area contributed by atoms with E-state index in [1.54, 1.807) is 0 Å². The normalized spacial score (nSPS) is 38.3. The molecule has 3 rings (SSSR count). The molecule has 1 aliphatic carbocycles. The summed E-state index contributed by atoms with van der Waals surface area (Å²) < 4.78 is 5.59. The van der Waals surface area contributed by atoms with Gasteiger partial charge in [0.05, 0.1) is 18.1 Å². The molecule has 19 heavy (non-hydrogen) atoms. The third kappa shape index (κ3) is 2.36. The van der Waals surface area contributed by atoms with Gasteiger partial charge >= 0.3 is 0 Å². The number of carboxylic acids is 1. The molecule has 4 atom stereocenters. The van der Waals surface area contributed by atoms with Gasteiger partial charge in [0, 0.05) is 17.9 Å². The summed E-state index contributed by atoms with van der Waals surface area (Å²) in [5, 5.41) is 14.2. The van der Waals surface area contributed by atoms with Crippen LogP contribution in [0.4, 0.5) is 0 Å². The molecule has 5 nitrogen and oxygen atoms in total. The van der Waals surface area contributed by atoms with Crippen molar-refractivity contribution in [3.8, 4) is 0 Å². The maximum absolute atomic E-state index is 12.3. The van der Waals surface area contributed by atoms with E-state index in [2.05, 4.69) is 5.32 Å². The lowest BCUT2D eigenvalue weighted by Crippen LogP contribution is -2.50. The number of nitrogens with one attached hydrogen (secondary N) is 1. The van der Waals surface area contributed by atoms with Crippen molar-refractivity contribution in [3.63, 3.8) is 0 Å². The van der Waals surface area contributed by atoms with Gasteiger partial charge < -0.3 is 20.0 Å². The maximum Gasteiger partial charge on any atom is 0.226 e. The Morgan fingerprint density at radius 2 is 1.58 bits per heavy atom. The zero-order valence-corrected chi connectivity index (χ0v) is 11.0. The fraction of sp³-hybridized carbons (Fsp3) is 0.857. The molecule has 0 spiro atoms. The van der Waals surface area contributed by atoms with Crippen molar-refractivity contribution in [2.45, 2.75) is 63.2 Å². The average molecular weight is 266 g/mol. The number of aliphatic carboxylic acids is 1. The average Bonchev–Trinajstić information content (AvgIpc) is 2.99. The number of carbonyl (C=O) groups excluding carboxylic acids is 2. The quantitative estimate of drug-likeness (QED) is 0.778. The molecule has 3 aliphatic rings. The first-order valence-corrected chi connectivity index (χ1v) is 7.33. The topological polar surface area (TPSA) is 78.5 Å². The van der Waals surface area contributed by atoms with Crippen molar-refractivity contribution < 1.29 is 19.4 Å². The van der Waals surface area contributed by atoms with Crippen LogP contribution in [0.5, 0.6) is 0 Å². The number of amides is 1. The summed E-state index contributed by atoms with van der Waals surface area (Å²) in [7, 11) is 0. The van der Waals surface area contributed by atoms with Crippen LogP contribution in [0.25, 0.3) is 0 Å². The second-order valence-electron chi connectivity index (χ2n) is 6.00. The number of carbonyl (C=O) groups is 2. The molecule has 2 aliphatic heterocycles. The van der Waals surface area contributed by atoms with E-state index < -0.39 is 17.8 Å². The van der Waals surface area contributed by atoms with Crippen LogP contribution in [0.1, 0.15) is 44.9 Å². The zero-order chi connectivity index (χ0) is 13.4. The van der Waals surface area contributed by atoms with Crippen LogP contribution >= 0.6 is 0 Å². The van der Waals surface area contributed by atoms with Crippen molar-refractivity contribution in [2.75, 3.05) is 0 Å². The first-order chi connectivity index (χ1) is 9.16. The highest BCUT2D eigenvalue weighted by molar-refractivity contribution is 5.86. The molecule has 2 saturated heterocycles. The van der Waals surface area contributed by atoms with E-state index >= 15 is 0 Å². The first kappa shape index (κ1) is 12.9. The Morgan fingerprint density at radius 3 is 2.21 bits per heavy atom. The highest BCUT2D eigenvalue weighted by atomic mass is 16.5. The van der Waals surface area contributed by atoms with E-state index in [0.717, 1.165) is 38.5 Å². The second kappa shape index (κ2) is 5.12. The lowest BCUT2D eigenvalue weighted by atomic mass is 9.78. The van der Waals surface area contributed by atoms with E-state index in [-0.39, 0.29) is 24.2 Å². The number of fused-ring (bicyclic) bond motifs is 2. The fourth-order valence-electron chi connectivity index (χ4n) is 3.85. The number of ether oxygens (including phenoxy) is 1. The molecule has 0 aromatic rings. The Morgan fingerprint density at radius 1 is 0.947 bits per heavy atom. The van der Waals surface area contributed by atoms with Crippen LogP contribution in [0.3, 0.4) is 0 Å². The molecule has 106 valence electrons. The van der Waals surface area contributed by atoms with Crippen LogP contribution < -0.4 is 10.4 Å². The Labute approximate surface area is 112 Å². The van der Waals surface area contributed by atoms with E-state index in [9.17, 15) is 14.7 Å². The van der Waals surface area contributed by atoms with Crippen LogP contribution in [-0.2, 0) is 14.3 Å². The number of carboxylic acid groups (broad SMARTS) is 1. The summed E-state index contributed by atoms with van der Waals surface area (Å²) in [6, 6.07) is 0.211. The number of hydrogen-bond acceptors (Lipinski definition) is 4. The molecular weight excluding hydrogens is 246 g/mol. The molecule has 0 aromatic carbocycles. The smallest absolute Gasteiger partial charge is 0.226 e. The Hall–Kier alpha value is -1.10. The largest absolute Gasteiger partial charge is 0.550 e. The Bertz CT molecular complexity index is 378. The molecule has 3 fully saturated rings. The molecule has 0 radical (unpaired) electrons. The summed E-state index contributed by atoms with van der Waals surface area (Å²) >= 11 is 0. The summed E-state index contributed by atoms with van der Waals surface area (Å²) in [5.74, 6) is -2.60. The molecule has 0 aromatic heterocycles. The zero-order valence-electron chi connectivity index (χ0n) is 11.0. The molecule has 2 heterocycles. The predicted octanol–water partition coefficient (Wildman–Crippen LogP) is -0.0212. The third-order valence-electron chi connectivity index (χ3n) is 4.80. The molecular formula is C14H20NO4-. The Balaban J connectivity index is 1.66. The minimum Gasteiger partial charge on any atom is -0.550 e. The van der Waals surface area contributed by atoms with Crippen molar-refractivity contribution in [2.24, 2.45) is 11.8 Å². The van der Waals surface area contributed by atoms with E-state index in [1.165, 1.54) is 6.42 Å². The third-order valence-corrected chi connectivity index (χ3v) is 4.80. The molecule has 1 N–H and O–H groups in total. The molecule has 5 heteroatoms. The molecule has 0 unspecified atom stereocenters. The van der Waals surface area contributed by atoms with Crippen molar-refractivity contribution in [1.29, 1.82) is 0 Å². The highest BCUT2D eigenvalue weighted by Gasteiger charge is 2.52. The second-order valence-corrected chi connectivity index (χ2v) is 6.00. The van der Waals surface area contributed by atoms with Crippen LogP contribution in [0, 0.1) is 11.8 Å². The number of hydrogen-bond donors (Lipinski definition) is 1. The van der Waals surface area contributed by atoms with Crippen LogP contribution in [0.2, 0.25) is 0 Å². The van der Waals surface area contributed by atoms with Gasteiger partial charge in [0.15, 0.2) is 0 Å². The van der Waals surface area contributed by atoms with Crippen molar-refractivity contribution in [1.82, 2.24) is 5.32 Å². The predicted molar refractivity (Wildman–Crippen MR) is 64.9 cm³/mol. The summed E-state index contributed by atoms with van der Waals surface area (Å²) in [5.41, 5.74) is 0. The van der Waals surface area contributed by atoms with E-state index in [0.29, 0.717) is 0 Å². The van der Waals surface area contributed by atoms with Gasteiger partial charge in [-0.25, -0.2) is 0 Å². The van der Waals surface area contributed by atoms with Gasteiger partial charge in [0.25, 0.3) is 0 Å². The number of rotatable bonds is 3. The van der Waals surface area contributed by atoms with Gasteiger partial charge in [0.1, 0.15) is 0 Å². The van der Waals surface area contributed by atoms with Crippen molar-refractivity contribution >= 4 is 11.9 Å². The van der Waals surface area contributed by atoms with Gasteiger partial charge in [0.2, 0.25) is 5.91 Å². The van der Waals surface area contributed by atoms with Gasteiger partial charge in [-0.05, 0) is 25.7 Å². The summed E-state index contributed by atoms with van der Waals surface area (Å²) in [6.45, 7) is 0. The molecule has 2 bridgehead atoms. The standard InChI is InChI=1S/C14H21NO4/c16-13(15-8-4-2-1-3-5-8)11-9-6-7-10(19-9)12(11)14(17)18/h8-12H,1-7H2,(H,15,16)(H,17,18)/p-1/t9-,10+,11+,12+/m1/s1. The lowest BCUT2D eigenvalue weighted by molar-refractivity contribution is -0.314. The minimum atomic E-state index is -1.14. The van der Waals surface area contributed by atoms with Crippen LogP contribution in [0.15, 0.2) is 0 Å². The Kier molecular flexibility index (Phi) is 3.48. The minimum absolute atomic E-state index is 0.145. The van der Waals surface area contributed by atoms with Crippen LogP contribution in [-0.4, -0.2) is 30.1 Å². The van der Waals surface area contributed by atoms with Gasteiger partial charge in [-0.1, -0.05) is 19.3 Å². The SMILES string of the molecule is O=C([O-])[C@@H]1[C@@H](C(=O)NC2CCCCC2)[C@H]2CC[C@@H]1O2. The van der Waals surface area contributed by atoms with Gasteiger partial charge in [-0.15, -0.1) is 0 Å². The molecule has 1 amide bonds. The maximum atomic E-state index is 12.3. The van der Waals surface area contributed by atoms with E-state index in [4.69, 9.17) is 4.74 Å². The fourth-order valence-corrected chi connectivity index (χ4v) is 3.85. The van der Waals surface area contributed by atoms with Crippen molar-refractivity contribution in [3.05, 3.63) is 0 Å². The molecule has 1 saturated carbocycles. The summed E-state index contributed by atoms with van der Waals surface area (Å²) in [4.78, 5) is 23.6. The van der Waals surface area contributed by atoms with Gasteiger partial charge in [-0.3, -0.25) is 4.79 Å². The lowest BCUT2D eigenvalue weighted by Gasteiger charge is -2.30. The monoisotopic (exact) mass is 266 g/mol. The highest BCUT2D eigenvalue weighted by Crippen LogP contribution is 2.43. The van der Waals surface area contributed by atoms with Gasteiger partial charge in [-0.2, -0.15) is 0 Å². The van der Waals surface area contributed by atoms with E-state index in [1.807, 2.05) is 0 Å². The summed E-state index contributed by atoms with van der Waals surface area (Å²) in [6.07, 6.45) is 6.49. The first-order valence-electron chi connectivity index (χ1n) is 7.33.